The van der Waals surface area contributed by atoms with Crippen LogP contribution in [0.1, 0.15) is 40.0 Å². The highest BCUT2D eigenvalue weighted by atomic mass is 16.5. The molecule has 1 rings (SSSR count). The first-order valence-electron chi connectivity index (χ1n) is 6.64. The molecular weight excluding hydrogens is 250 g/mol. The van der Waals surface area contributed by atoms with Crippen LogP contribution in [0, 0.1) is 0 Å². The lowest BCUT2D eigenvalue weighted by molar-refractivity contribution is -0.0913. The highest BCUT2D eigenvalue weighted by Crippen LogP contribution is 2.27. The molecule has 1 aliphatic heterocycles. The van der Waals surface area contributed by atoms with Crippen molar-refractivity contribution in [1.82, 2.24) is 4.90 Å². The van der Waals surface area contributed by atoms with Gasteiger partial charge >= 0.3 is 6.09 Å². The van der Waals surface area contributed by atoms with Crippen molar-refractivity contribution < 1.29 is 24.9 Å². The number of nitrogens with zero attached hydrogens (tertiary/aromatic N) is 1. The number of hydrogen-bond acceptors (Lipinski definition) is 4. The number of aliphatic hydroxyl groups excluding tert-OH is 1. The van der Waals surface area contributed by atoms with Gasteiger partial charge in [0.25, 0.3) is 0 Å². The van der Waals surface area contributed by atoms with Gasteiger partial charge in [-0.05, 0) is 33.6 Å². The molecule has 0 bridgehead atoms. The SMILES string of the molecule is CC(C)(C)OCC(O)CC1(O)CCN(C(=O)O)CC1. The first-order valence-corrected chi connectivity index (χ1v) is 6.64. The highest BCUT2D eigenvalue weighted by molar-refractivity contribution is 5.65. The van der Waals surface area contributed by atoms with Gasteiger partial charge in [0.15, 0.2) is 0 Å². The molecule has 0 aromatic rings. The molecule has 6 nitrogen and oxygen atoms in total. The zero-order chi connectivity index (χ0) is 14.7. The lowest BCUT2D eigenvalue weighted by Gasteiger charge is -2.38. The van der Waals surface area contributed by atoms with Crippen LogP contribution in [0.15, 0.2) is 0 Å². The van der Waals surface area contributed by atoms with Crippen molar-refractivity contribution in [2.45, 2.75) is 57.3 Å². The second-order valence-electron chi connectivity index (χ2n) is 6.28. The number of aliphatic hydroxyl groups is 2. The molecule has 112 valence electrons. The normalized spacial score (nSPS) is 21.2. The zero-order valence-corrected chi connectivity index (χ0v) is 11.9. The maximum atomic E-state index is 10.8. The smallest absolute Gasteiger partial charge is 0.407 e. The maximum Gasteiger partial charge on any atom is 0.407 e. The predicted octanol–water partition coefficient (Wildman–Crippen LogP) is 1.06. The number of amides is 1. The molecule has 1 atom stereocenters. The molecule has 1 aliphatic rings. The number of carbonyl (C=O) groups is 1. The lowest BCUT2D eigenvalue weighted by Crippen LogP contribution is -2.48. The molecule has 1 heterocycles. The Morgan fingerprint density at radius 1 is 1.37 bits per heavy atom. The molecule has 0 radical (unpaired) electrons. The summed E-state index contributed by atoms with van der Waals surface area (Å²) in [6.45, 7) is 6.49. The van der Waals surface area contributed by atoms with Gasteiger partial charge in [-0.3, -0.25) is 0 Å². The molecule has 1 unspecified atom stereocenters. The average Bonchev–Trinajstić information content (AvgIpc) is 2.25. The van der Waals surface area contributed by atoms with Crippen LogP contribution in [0.4, 0.5) is 4.79 Å². The minimum absolute atomic E-state index is 0.175. The van der Waals surface area contributed by atoms with Crippen molar-refractivity contribution in [2.24, 2.45) is 0 Å². The van der Waals surface area contributed by atoms with Crippen molar-refractivity contribution in [3.8, 4) is 0 Å². The molecule has 0 spiro atoms. The van der Waals surface area contributed by atoms with E-state index < -0.39 is 17.8 Å². The molecule has 0 aromatic carbocycles. The van der Waals surface area contributed by atoms with Gasteiger partial charge in [0, 0.05) is 19.5 Å². The van der Waals surface area contributed by atoms with Gasteiger partial charge in [-0.15, -0.1) is 0 Å². The summed E-state index contributed by atoms with van der Waals surface area (Å²) in [6.07, 6.45) is -0.770. The summed E-state index contributed by atoms with van der Waals surface area (Å²) in [5.41, 5.74) is -1.32. The number of ether oxygens (including phenoxy) is 1. The Balaban J connectivity index is 2.38. The summed E-state index contributed by atoms with van der Waals surface area (Å²) in [6, 6.07) is 0. The number of carboxylic acid groups (broad SMARTS) is 1. The Bertz CT molecular complexity index is 305. The first kappa shape index (κ1) is 16.2. The van der Waals surface area contributed by atoms with E-state index in [4.69, 9.17) is 9.84 Å². The van der Waals surface area contributed by atoms with E-state index in [1.165, 1.54) is 4.90 Å². The van der Waals surface area contributed by atoms with E-state index in [2.05, 4.69) is 0 Å². The Labute approximate surface area is 114 Å². The molecule has 6 heteroatoms. The van der Waals surface area contributed by atoms with Gasteiger partial charge in [-0.1, -0.05) is 0 Å². The van der Waals surface area contributed by atoms with Crippen LogP contribution in [0.5, 0.6) is 0 Å². The topological polar surface area (TPSA) is 90.2 Å². The summed E-state index contributed by atoms with van der Waals surface area (Å²) in [5.74, 6) is 0. The second kappa shape index (κ2) is 6.07. The number of rotatable bonds is 4. The van der Waals surface area contributed by atoms with Crippen LogP contribution >= 0.6 is 0 Å². The van der Waals surface area contributed by atoms with Crippen LogP contribution in [0.2, 0.25) is 0 Å². The van der Waals surface area contributed by atoms with Gasteiger partial charge in [-0.25, -0.2) is 4.79 Å². The summed E-state index contributed by atoms with van der Waals surface area (Å²) >= 11 is 0. The van der Waals surface area contributed by atoms with Crippen LogP contribution in [0.25, 0.3) is 0 Å². The zero-order valence-electron chi connectivity index (χ0n) is 11.9. The van der Waals surface area contributed by atoms with Gasteiger partial charge in [0.2, 0.25) is 0 Å². The van der Waals surface area contributed by atoms with Gasteiger partial charge in [0.1, 0.15) is 0 Å². The second-order valence-corrected chi connectivity index (χ2v) is 6.28. The Kier molecular flexibility index (Phi) is 5.18. The van der Waals surface area contributed by atoms with Crippen LogP contribution in [-0.2, 0) is 4.74 Å². The predicted molar refractivity (Wildman–Crippen MR) is 70.1 cm³/mol. The number of likely N-dealkylation sites (tertiary alicyclic amines) is 1. The van der Waals surface area contributed by atoms with Crippen molar-refractivity contribution in [1.29, 1.82) is 0 Å². The van der Waals surface area contributed by atoms with E-state index in [1.54, 1.807) is 0 Å². The first-order chi connectivity index (χ1) is 8.61. The average molecular weight is 275 g/mol. The fraction of sp³-hybridized carbons (Fsp3) is 0.923. The maximum absolute atomic E-state index is 10.8. The third-order valence-electron chi connectivity index (χ3n) is 3.29. The highest BCUT2D eigenvalue weighted by Gasteiger charge is 2.35. The molecule has 0 saturated carbocycles. The van der Waals surface area contributed by atoms with E-state index in [9.17, 15) is 15.0 Å². The summed E-state index contributed by atoms with van der Waals surface area (Å²) in [4.78, 5) is 12.1. The monoisotopic (exact) mass is 275 g/mol. The molecule has 1 fully saturated rings. The van der Waals surface area contributed by atoms with Gasteiger partial charge in [-0.2, -0.15) is 0 Å². The van der Waals surface area contributed by atoms with Crippen LogP contribution < -0.4 is 0 Å². The summed E-state index contributed by atoms with van der Waals surface area (Å²) in [5, 5.41) is 29.1. The standard InChI is InChI=1S/C13H25NO5/c1-12(2,3)19-9-10(15)8-13(18)4-6-14(7-5-13)11(16)17/h10,15,18H,4-9H2,1-3H3,(H,16,17). The third kappa shape index (κ3) is 5.76. The van der Waals surface area contributed by atoms with Gasteiger partial charge in [0.05, 0.1) is 23.9 Å². The molecule has 1 saturated heterocycles. The molecule has 19 heavy (non-hydrogen) atoms. The number of piperidine rings is 1. The lowest BCUT2D eigenvalue weighted by atomic mass is 9.86. The Morgan fingerprint density at radius 2 is 1.89 bits per heavy atom. The van der Waals surface area contributed by atoms with E-state index in [-0.39, 0.29) is 18.6 Å². The quantitative estimate of drug-likeness (QED) is 0.713. The minimum Gasteiger partial charge on any atom is -0.465 e. The van der Waals surface area contributed by atoms with E-state index in [0.29, 0.717) is 25.9 Å². The molecular formula is C13H25NO5. The molecule has 0 aliphatic carbocycles. The van der Waals surface area contributed by atoms with E-state index in [1.807, 2.05) is 20.8 Å². The van der Waals surface area contributed by atoms with Crippen molar-refractivity contribution in [2.75, 3.05) is 19.7 Å². The molecule has 0 aromatic heterocycles. The minimum atomic E-state index is -0.993. The van der Waals surface area contributed by atoms with Crippen molar-refractivity contribution in [3.63, 3.8) is 0 Å². The van der Waals surface area contributed by atoms with E-state index in [0.717, 1.165) is 0 Å². The van der Waals surface area contributed by atoms with Gasteiger partial charge < -0.3 is 25.0 Å². The van der Waals surface area contributed by atoms with Crippen molar-refractivity contribution in [3.05, 3.63) is 0 Å². The third-order valence-corrected chi connectivity index (χ3v) is 3.29. The fourth-order valence-corrected chi connectivity index (χ4v) is 2.16. The molecule has 3 N–H and O–H groups in total. The van der Waals surface area contributed by atoms with Crippen LogP contribution in [-0.4, -0.2) is 63.3 Å². The fourth-order valence-electron chi connectivity index (χ4n) is 2.16. The Morgan fingerprint density at radius 3 is 2.32 bits per heavy atom. The molecule has 1 amide bonds. The Hall–Kier alpha value is -0.850. The summed E-state index contributed by atoms with van der Waals surface area (Å²) < 4.78 is 5.47. The van der Waals surface area contributed by atoms with Crippen molar-refractivity contribution >= 4 is 6.09 Å². The van der Waals surface area contributed by atoms with Crippen LogP contribution in [0.3, 0.4) is 0 Å². The summed E-state index contributed by atoms with van der Waals surface area (Å²) in [7, 11) is 0. The van der Waals surface area contributed by atoms with E-state index >= 15 is 0 Å². The largest absolute Gasteiger partial charge is 0.465 e. The number of hydrogen-bond donors (Lipinski definition) is 3.